The molecule has 0 aliphatic rings. The smallest absolute Gasteiger partial charge is 0.216 e. The van der Waals surface area contributed by atoms with Crippen LogP contribution in [-0.2, 0) is 0 Å². The maximum absolute atomic E-state index is 8.86. The highest BCUT2D eigenvalue weighted by molar-refractivity contribution is 7.71. The summed E-state index contributed by atoms with van der Waals surface area (Å²) in [5.74, 6) is 1.78. The van der Waals surface area contributed by atoms with Gasteiger partial charge in [-0.1, -0.05) is 12.1 Å². The molecule has 1 N–H and O–H groups in total. The van der Waals surface area contributed by atoms with Gasteiger partial charge in [0.05, 0.1) is 37.6 Å². The second-order valence-electron chi connectivity index (χ2n) is 5.21. The molecule has 7 nitrogen and oxygen atoms in total. The molecule has 0 aliphatic heterocycles. The molecule has 1 aromatic heterocycles. The van der Waals surface area contributed by atoms with Gasteiger partial charge in [-0.2, -0.15) is 20.1 Å². The molecule has 0 aliphatic carbocycles. The minimum atomic E-state index is 0.350. The van der Waals surface area contributed by atoms with Gasteiger partial charge >= 0.3 is 0 Å². The molecule has 3 aromatic rings. The van der Waals surface area contributed by atoms with Crippen LogP contribution in [0, 0.1) is 16.1 Å². The van der Waals surface area contributed by atoms with Crippen LogP contribution < -0.4 is 9.47 Å². The third kappa shape index (κ3) is 3.48. The van der Waals surface area contributed by atoms with Crippen LogP contribution in [0.1, 0.15) is 11.1 Å². The summed E-state index contributed by atoms with van der Waals surface area (Å²) in [4.78, 5) is 0. The lowest BCUT2D eigenvalue weighted by molar-refractivity contribution is 0.395. The van der Waals surface area contributed by atoms with E-state index in [0.29, 0.717) is 27.7 Å². The predicted molar refractivity (Wildman–Crippen MR) is 100 cm³/mol. The molecule has 26 heavy (non-hydrogen) atoms. The first kappa shape index (κ1) is 17.4. The molecule has 0 amide bonds. The summed E-state index contributed by atoms with van der Waals surface area (Å²) in [6, 6.07) is 14.5. The Morgan fingerprint density at radius 2 is 1.96 bits per heavy atom. The molecular formula is C18H15N5O2S. The van der Waals surface area contributed by atoms with Gasteiger partial charge in [-0.05, 0) is 42.0 Å². The van der Waals surface area contributed by atoms with Gasteiger partial charge in [0.15, 0.2) is 5.82 Å². The molecule has 0 unspecified atom stereocenters. The van der Waals surface area contributed by atoms with Gasteiger partial charge < -0.3 is 9.47 Å². The van der Waals surface area contributed by atoms with Crippen molar-refractivity contribution >= 4 is 18.4 Å². The van der Waals surface area contributed by atoms with E-state index in [4.69, 9.17) is 27.0 Å². The lowest BCUT2D eigenvalue weighted by Gasteiger charge is -2.09. The van der Waals surface area contributed by atoms with Gasteiger partial charge in [0, 0.05) is 6.07 Å². The van der Waals surface area contributed by atoms with E-state index >= 15 is 0 Å². The van der Waals surface area contributed by atoms with Gasteiger partial charge in [-0.15, -0.1) is 0 Å². The number of nitrogens with one attached hydrogen (secondary N) is 1. The van der Waals surface area contributed by atoms with Crippen LogP contribution in [0.3, 0.4) is 0 Å². The average molecular weight is 365 g/mol. The molecule has 0 saturated carbocycles. The Balaban J connectivity index is 2.00. The Morgan fingerprint density at radius 1 is 1.19 bits per heavy atom. The monoisotopic (exact) mass is 365 g/mol. The van der Waals surface area contributed by atoms with E-state index in [-0.39, 0.29) is 0 Å². The largest absolute Gasteiger partial charge is 0.497 e. The Morgan fingerprint density at radius 3 is 2.62 bits per heavy atom. The maximum Gasteiger partial charge on any atom is 0.216 e. The number of H-pyrrole nitrogens is 1. The molecule has 0 saturated heterocycles. The Labute approximate surface area is 155 Å². The van der Waals surface area contributed by atoms with Crippen molar-refractivity contribution in [3.05, 3.63) is 58.4 Å². The molecule has 130 valence electrons. The Hall–Kier alpha value is -3.44. The summed E-state index contributed by atoms with van der Waals surface area (Å²) in [6.07, 6.45) is 1.64. The van der Waals surface area contributed by atoms with Crippen molar-refractivity contribution in [2.24, 2.45) is 5.10 Å². The predicted octanol–water partition coefficient (Wildman–Crippen LogP) is 3.38. The van der Waals surface area contributed by atoms with Crippen LogP contribution in [0.4, 0.5) is 0 Å². The molecule has 1 heterocycles. The molecule has 2 aromatic carbocycles. The molecule has 0 atom stereocenters. The molecule has 0 fully saturated rings. The van der Waals surface area contributed by atoms with Gasteiger partial charge in [0.2, 0.25) is 4.77 Å². The van der Waals surface area contributed by atoms with Crippen molar-refractivity contribution in [3.8, 4) is 29.0 Å². The Bertz CT molecular complexity index is 1040. The number of ether oxygens (including phenoxy) is 2. The fourth-order valence-electron chi connectivity index (χ4n) is 2.32. The van der Waals surface area contributed by atoms with Crippen LogP contribution in [-0.4, -0.2) is 35.3 Å². The van der Waals surface area contributed by atoms with Gasteiger partial charge in [-0.3, -0.25) is 0 Å². The zero-order valence-corrected chi connectivity index (χ0v) is 14.9. The zero-order chi connectivity index (χ0) is 18.5. The Kier molecular flexibility index (Phi) is 5.10. The van der Waals surface area contributed by atoms with Crippen molar-refractivity contribution in [1.82, 2.24) is 14.9 Å². The van der Waals surface area contributed by atoms with Crippen molar-refractivity contribution in [1.29, 1.82) is 5.26 Å². The zero-order valence-electron chi connectivity index (χ0n) is 14.1. The minimum absolute atomic E-state index is 0.350. The normalized spacial score (nSPS) is 10.7. The highest BCUT2D eigenvalue weighted by atomic mass is 32.1. The van der Waals surface area contributed by atoms with Crippen LogP contribution >= 0.6 is 12.2 Å². The van der Waals surface area contributed by atoms with E-state index < -0.39 is 0 Å². The van der Waals surface area contributed by atoms with E-state index in [2.05, 4.69) is 21.4 Å². The number of rotatable bonds is 5. The van der Waals surface area contributed by atoms with Gasteiger partial charge in [-0.25, -0.2) is 5.10 Å². The summed E-state index contributed by atoms with van der Waals surface area (Å²) < 4.78 is 12.5. The van der Waals surface area contributed by atoms with E-state index in [1.54, 1.807) is 50.8 Å². The first-order chi connectivity index (χ1) is 12.7. The summed E-state index contributed by atoms with van der Waals surface area (Å²) in [5.41, 5.74) is 2.14. The van der Waals surface area contributed by atoms with Crippen LogP contribution in [0.15, 0.2) is 47.6 Å². The van der Waals surface area contributed by atoms with E-state index in [1.807, 2.05) is 12.1 Å². The molecule has 8 heteroatoms. The third-order valence-electron chi connectivity index (χ3n) is 3.66. The second kappa shape index (κ2) is 7.63. The lowest BCUT2D eigenvalue weighted by atomic mass is 10.2. The topological polar surface area (TPSA) is 88.2 Å². The number of aromatic nitrogens is 3. The molecular weight excluding hydrogens is 350 g/mol. The summed E-state index contributed by atoms with van der Waals surface area (Å²) >= 11 is 5.28. The first-order valence-electron chi connectivity index (χ1n) is 7.60. The van der Waals surface area contributed by atoms with Crippen LogP contribution in [0.2, 0.25) is 0 Å². The second-order valence-corrected chi connectivity index (χ2v) is 5.60. The molecule has 0 spiro atoms. The number of nitriles is 1. The van der Waals surface area contributed by atoms with E-state index in [9.17, 15) is 0 Å². The van der Waals surface area contributed by atoms with Gasteiger partial charge in [0.25, 0.3) is 0 Å². The number of hydrogen-bond donors (Lipinski definition) is 1. The summed E-state index contributed by atoms with van der Waals surface area (Å²) in [7, 11) is 3.16. The van der Waals surface area contributed by atoms with E-state index in [0.717, 1.165) is 11.1 Å². The van der Waals surface area contributed by atoms with Gasteiger partial charge in [0.1, 0.15) is 11.5 Å². The molecule has 3 rings (SSSR count). The lowest BCUT2D eigenvalue weighted by Crippen LogP contribution is -1.98. The number of hydrogen-bond acceptors (Lipinski definition) is 6. The highest BCUT2D eigenvalue weighted by Crippen LogP contribution is 2.32. The number of nitrogens with zero attached hydrogens (tertiary/aromatic N) is 4. The third-order valence-corrected chi connectivity index (χ3v) is 3.93. The van der Waals surface area contributed by atoms with Crippen molar-refractivity contribution in [3.63, 3.8) is 0 Å². The number of aromatic amines is 1. The van der Waals surface area contributed by atoms with E-state index in [1.165, 1.54) is 4.68 Å². The quantitative estimate of drug-likeness (QED) is 0.553. The fourth-order valence-corrected chi connectivity index (χ4v) is 2.50. The van der Waals surface area contributed by atoms with Crippen LogP contribution in [0.5, 0.6) is 11.5 Å². The summed E-state index contributed by atoms with van der Waals surface area (Å²) in [6.45, 7) is 0. The SMILES string of the molecule is COc1ccc(-c2n[nH]c(=S)n2/N=C\c2ccc(C#N)cc2)c(OC)c1. The average Bonchev–Trinajstić information content (AvgIpc) is 3.06. The number of methoxy groups -OCH3 is 2. The van der Waals surface area contributed by atoms with Crippen molar-refractivity contribution < 1.29 is 9.47 Å². The molecule has 0 bridgehead atoms. The maximum atomic E-state index is 8.86. The van der Waals surface area contributed by atoms with Crippen LogP contribution in [0.25, 0.3) is 11.4 Å². The fraction of sp³-hybridized carbons (Fsp3) is 0.111. The minimum Gasteiger partial charge on any atom is -0.497 e. The molecule has 0 radical (unpaired) electrons. The number of benzene rings is 2. The standard InChI is InChI=1S/C18H15N5O2S/c1-24-14-7-8-15(16(9-14)25-2)17-21-22-18(26)23(17)20-11-13-5-3-12(10-19)4-6-13/h3-9,11H,1-2H3,(H,22,26)/b20-11-. The first-order valence-corrected chi connectivity index (χ1v) is 8.01. The van der Waals surface area contributed by atoms with Crippen molar-refractivity contribution in [2.75, 3.05) is 14.2 Å². The highest BCUT2D eigenvalue weighted by Gasteiger charge is 2.14. The van der Waals surface area contributed by atoms with Crippen molar-refractivity contribution in [2.45, 2.75) is 0 Å². The summed E-state index contributed by atoms with van der Waals surface area (Å²) in [5, 5.41) is 20.3.